The summed E-state index contributed by atoms with van der Waals surface area (Å²) in [4.78, 5) is 27.3. The maximum absolute atomic E-state index is 13.0. The number of imide groups is 1. The number of rotatable bonds is 8. The lowest BCUT2D eigenvalue weighted by molar-refractivity contribution is -0.136. The van der Waals surface area contributed by atoms with Crippen LogP contribution in [-0.4, -0.2) is 37.0 Å². The summed E-state index contributed by atoms with van der Waals surface area (Å²) in [7, 11) is 1.60. The summed E-state index contributed by atoms with van der Waals surface area (Å²) in [6.45, 7) is 2.87. The first-order valence-corrected chi connectivity index (χ1v) is 9.64. The van der Waals surface area contributed by atoms with Crippen LogP contribution in [0.2, 0.25) is 5.02 Å². The first kappa shape index (κ1) is 20.1. The van der Waals surface area contributed by atoms with Crippen molar-refractivity contribution in [3.05, 3.63) is 70.4 Å². The third-order valence-corrected chi connectivity index (χ3v) is 4.91. The van der Waals surface area contributed by atoms with Gasteiger partial charge in [-0.3, -0.25) is 14.5 Å². The van der Waals surface area contributed by atoms with Crippen molar-refractivity contribution in [1.29, 1.82) is 0 Å². The first-order chi connectivity index (χ1) is 13.5. The third kappa shape index (κ3) is 4.26. The number of carbonyl (C=O) groups excluding carboxylic acids is 2. The second kappa shape index (κ2) is 9.04. The number of amides is 2. The highest BCUT2D eigenvalue weighted by Crippen LogP contribution is 2.31. The van der Waals surface area contributed by atoms with Gasteiger partial charge in [-0.15, -0.1) is 0 Å². The number of hydrogen-bond acceptors (Lipinski definition) is 4. The van der Waals surface area contributed by atoms with Gasteiger partial charge in [-0.25, -0.2) is 0 Å². The average Bonchev–Trinajstić information content (AvgIpc) is 2.94. The minimum atomic E-state index is -0.328. The molecule has 146 valence electrons. The van der Waals surface area contributed by atoms with Gasteiger partial charge in [-0.2, -0.15) is 0 Å². The van der Waals surface area contributed by atoms with E-state index in [9.17, 15) is 9.59 Å². The smallest absolute Gasteiger partial charge is 0.278 e. The highest BCUT2D eigenvalue weighted by molar-refractivity contribution is 6.36. The molecule has 0 radical (unpaired) electrons. The minimum Gasteiger partial charge on any atom is -0.385 e. The van der Waals surface area contributed by atoms with Crippen LogP contribution in [0.5, 0.6) is 0 Å². The fourth-order valence-corrected chi connectivity index (χ4v) is 3.24. The van der Waals surface area contributed by atoms with Crippen LogP contribution in [0.3, 0.4) is 0 Å². The monoisotopic (exact) mass is 398 g/mol. The van der Waals surface area contributed by atoms with E-state index in [0.717, 1.165) is 12.1 Å². The van der Waals surface area contributed by atoms with Gasteiger partial charge in [0.05, 0.1) is 5.57 Å². The van der Waals surface area contributed by atoms with Crippen LogP contribution in [0.25, 0.3) is 5.57 Å². The summed E-state index contributed by atoms with van der Waals surface area (Å²) >= 11 is 5.98. The van der Waals surface area contributed by atoms with Crippen molar-refractivity contribution in [2.45, 2.75) is 19.8 Å². The molecular weight excluding hydrogens is 376 g/mol. The summed E-state index contributed by atoms with van der Waals surface area (Å²) in [5.41, 5.74) is 3.27. The molecule has 2 amide bonds. The Hall–Kier alpha value is -2.63. The number of aryl methyl sites for hydroxylation is 1. The van der Waals surface area contributed by atoms with E-state index in [2.05, 4.69) is 12.2 Å². The Morgan fingerprint density at radius 3 is 2.29 bits per heavy atom. The number of methoxy groups -OCH3 is 1. The van der Waals surface area contributed by atoms with E-state index in [1.807, 2.05) is 24.3 Å². The van der Waals surface area contributed by atoms with Crippen LogP contribution in [0.15, 0.2) is 54.2 Å². The highest BCUT2D eigenvalue weighted by atomic mass is 35.5. The summed E-state index contributed by atoms with van der Waals surface area (Å²) in [6.07, 6.45) is 1.52. The molecule has 0 spiro atoms. The number of nitrogens with one attached hydrogen (secondary N) is 1. The molecular formula is C22H23ClN2O3. The zero-order valence-corrected chi connectivity index (χ0v) is 16.8. The standard InChI is InChI=1S/C22H23ClN2O3/c1-3-15-5-11-18(12-6-15)24-20-19(16-7-9-17(23)10-8-16)21(26)25(22(20)27)13-4-14-28-2/h5-12,24H,3-4,13-14H2,1-2H3. The normalized spacial score (nSPS) is 14.2. The Morgan fingerprint density at radius 1 is 1.00 bits per heavy atom. The van der Waals surface area contributed by atoms with Gasteiger partial charge in [-0.1, -0.05) is 42.8 Å². The van der Waals surface area contributed by atoms with Crippen molar-refractivity contribution >= 4 is 34.7 Å². The van der Waals surface area contributed by atoms with Gasteiger partial charge in [0.1, 0.15) is 5.70 Å². The molecule has 5 nitrogen and oxygen atoms in total. The van der Waals surface area contributed by atoms with Gasteiger partial charge >= 0.3 is 0 Å². The van der Waals surface area contributed by atoms with E-state index in [0.29, 0.717) is 35.7 Å². The lowest BCUT2D eigenvalue weighted by Gasteiger charge is -2.15. The van der Waals surface area contributed by atoms with Crippen molar-refractivity contribution < 1.29 is 14.3 Å². The van der Waals surface area contributed by atoms with E-state index in [1.165, 1.54) is 10.5 Å². The number of benzene rings is 2. The molecule has 0 aromatic heterocycles. The van der Waals surface area contributed by atoms with Gasteiger partial charge in [0, 0.05) is 31.0 Å². The van der Waals surface area contributed by atoms with E-state index < -0.39 is 0 Å². The van der Waals surface area contributed by atoms with Gasteiger partial charge < -0.3 is 10.1 Å². The van der Waals surface area contributed by atoms with Crippen molar-refractivity contribution in [3.63, 3.8) is 0 Å². The fraction of sp³-hybridized carbons (Fsp3) is 0.273. The van der Waals surface area contributed by atoms with E-state index in [-0.39, 0.29) is 17.5 Å². The molecule has 2 aromatic carbocycles. The number of ether oxygens (including phenoxy) is 1. The number of halogens is 1. The zero-order valence-electron chi connectivity index (χ0n) is 16.0. The van der Waals surface area contributed by atoms with Crippen LogP contribution in [0, 0.1) is 0 Å². The molecule has 1 aliphatic rings. The van der Waals surface area contributed by atoms with Crippen LogP contribution < -0.4 is 5.32 Å². The number of carbonyl (C=O) groups is 2. The molecule has 0 saturated carbocycles. The fourth-order valence-electron chi connectivity index (χ4n) is 3.11. The highest BCUT2D eigenvalue weighted by Gasteiger charge is 2.38. The molecule has 1 N–H and O–H groups in total. The Bertz CT molecular complexity index is 889. The van der Waals surface area contributed by atoms with Gasteiger partial charge in [0.2, 0.25) is 0 Å². The third-order valence-electron chi connectivity index (χ3n) is 4.66. The Balaban J connectivity index is 1.96. The zero-order chi connectivity index (χ0) is 20.1. The quantitative estimate of drug-likeness (QED) is 0.536. The van der Waals surface area contributed by atoms with Gasteiger partial charge in [-0.05, 0) is 48.2 Å². The first-order valence-electron chi connectivity index (χ1n) is 9.26. The largest absolute Gasteiger partial charge is 0.385 e. The molecule has 28 heavy (non-hydrogen) atoms. The predicted octanol–water partition coefficient (Wildman–Crippen LogP) is 4.13. The van der Waals surface area contributed by atoms with Crippen LogP contribution >= 0.6 is 11.6 Å². The Kier molecular flexibility index (Phi) is 6.49. The lowest BCUT2D eigenvalue weighted by atomic mass is 10.0. The van der Waals surface area contributed by atoms with Crippen LogP contribution in [-0.2, 0) is 20.7 Å². The summed E-state index contributed by atoms with van der Waals surface area (Å²) in [6, 6.07) is 14.8. The van der Waals surface area contributed by atoms with Gasteiger partial charge in [0.25, 0.3) is 11.8 Å². The van der Waals surface area contributed by atoms with Crippen molar-refractivity contribution in [3.8, 4) is 0 Å². The molecule has 1 heterocycles. The van der Waals surface area contributed by atoms with Crippen molar-refractivity contribution in [1.82, 2.24) is 4.90 Å². The molecule has 3 rings (SSSR count). The molecule has 1 aliphatic heterocycles. The second-order valence-electron chi connectivity index (χ2n) is 6.54. The predicted molar refractivity (Wildman–Crippen MR) is 111 cm³/mol. The Morgan fingerprint density at radius 2 is 1.68 bits per heavy atom. The van der Waals surface area contributed by atoms with E-state index in [4.69, 9.17) is 16.3 Å². The minimum absolute atomic E-state index is 0.286. The number of nitrogens with zero attached hydrogens (tertiary/aromatic N) is 1. The maximum Gasteiger partial charge on any atom is 0.278 e. The average molecular weight is 399 g/mol. The van der Waals surface area contributed by atoms with Crippen molar-refractivity contribution in [2.75, 3.05) is 25.6 Å². The lowest BCUT2D eigenvalue weighted by Crippen LogP contribution is -2.33. The molecule has 0 saturated heterocycles. The molecule has 0 aliphatic carbocycles. The molecule has 0 bridgehead atoms. The van der Waals surface area contributed by atoms with Crippen molar-refractivity contribution in [2.24, 2.45) is 0 Å². The molecule has 0 fully saturated rings. The van der Waals surface area contributed by atoms with E-state index in [1.54, 1.807) is 31.4 Å². The summed E-state index contributed by atoms with van der Waals surface area (Å²) in [5.74, 6) is -0.637. The molecule has 6 heteroatoms. The van der Waals surface area contributed by atoms with Gasteiger partial charge in [0.15, 0.2) is 0 Å². The number of hydrogen-bond donors (Lipinski definition) is 1. The number of anilines is 1. The molecule has 2 aromatic rings. The van der Waals surface area contributed by atoms with Crippen LogP contribution in [0.1, 0.15) is 24.5 Å². The molecule has 0 atom stereocenters. The second-order valence-corrected chi connectivity index (χ2v) is 6.98. The van der Waals surface area contributed by atoms with Crippen LogP contribution in [0.4, 0.5) is 5.69 Å². The SMILES string of the molecule is CCc1ccc(NC2=C(c3ccc(Cl)cc3)C(=O)N(CCCOC)C2=O)cc1. The Labute approximate surface area is 169 Å². The maximum atomic E-state index is 13.0. The summed E-state index contributed by atoms with van der Waals surface area (Å²) < 4.78 is 5.05. The summed E-state index contributed by atoms with van der Waals surface area (Å²) in [5, 5.41) is 3.73. The topological polar surface area (TPSA) is 58.6 Å². The van der Waals surface area contributed by atoms with E-state index >= 15 is 0 Å². The molecule has 0 unspecified atom stereocenters.